The van der Waals surface area contributed by atoms with E-state index in [-0.39, 0.29) is 0 Å². The van der Waals surface area contributed by atoms with Crippen LogP contribution in [0.3, 0.4) is 0 Å². The molecule has 0 bridgehead atoms. The Morgan fingerprint density at radius 3 is 2.24 bits per heavy atom. The molecule has 0 saturated carbocycles. The summed E-state index contributed by atoms with van der Waals surface area (Å²) in [7, 11) is 0. The van der Waals surface area contributed by atoms with Gasteiger partial charge in [0.05, 0.1) is 0 Å². The molecule has 1 N–H and O–H groups in total. The summed E-state index contributed by atoms with van der Waals surface area (Å²) in [6.45, 7) is 14.9. The lowest BCUT2D eigenvalue weighted by molar-refractivity contribution is 0.0485. The average Bonchev–Trinajstić information content (AvgIpc) is 2.46. The number of nitrogens with one attached hydrogen (secondary N) is 1. The van der Waals surface area contributed by atoms with Gasteiger partial charge in [0.2, 0.25) is 0 Å². The Labute approximate surface area is 130 Å². The zero-order valence-electron chi connectivity index (χ0n) is 14.4. The zero-order valence-corrected chi connectivity index (χ0v) is 14.4. The quantitative estimate of drug-likeness (QED) is 0.905. The van der Waals surface area contributed by atoms with Crippen molar-refractivity contribution >= 4 is 0 Å². The smallest absolute Gasteiger partial charge is 0.0273 e. The van der Waals surface area contributed by atoms with Crippen molar-refractivity contribution in [3.05, 3.63) is 35.4 Å². The molecule has 0 aromatic heterocycles. The first-order valence-electron chi connectivity index (χ1n) is 8.49. The molecule has 1 aromatic rings. The topological polar surface area (TPSA) is 15.3 Å². The van der Waals surface area contributed by atoms with Crippen LogP contribution in [0.25, 0.3) is 0 Å². The summed E-state index contributed by atoms with van der Waals surface area (Å²) in [5.74, 6) is 0. The molecule has 1 aliphatic heterocycles. The van der Waals surface area contributed by atoms with Crippen molar-refractivity contribution in [3.8, 4) is 0 Å². The highest BCUT2D eigenvalue weighted by Gasteiger charge is 2.34. The molecule has 0 radical (unpaired) electrons. The van der Waals surface area contributed by atoms with Crippen molar-refractivity contribution < 1.29 is 0 Å². The van der Waals surface area contributed by atoms with E-state index in [9.17, 15) is 0 Å². The van der Waals surface area contributed by atoms with E-state index in [1.807, 2.05) is 0 Å². The van der Waals surface area contributed by atoms with Crippen molar-refractivity contribution in [2.75, 3.05) is 13.1 Å². The van der Waals surface area contributed by atoms with Gasteiger partial charge in [-0.2, -0.15) is 0 Å². The molecular formula is C19H32N2. The largest absolute Gasteiger partial charge is 0.311 e. The highest BCUT2D eigenvalue weighted by Crippen LogP contribution is 2.28. The Hall–Kier alpha value is -0.860. The van der Waals surface area contributed by atoms with Crippen LogP contribution >= 0.6 is 0 Å². The van der Waals surface area contributed by atoms with Gasteiger partial charge in [0.25, 0.3) is 0 Å². The molecule has 1 aromatic carbocycles. The number of aryl methyl sites for hydroxylation is 1. The van der Waals surface area contributed by atoms with E-state index in [1.54, 1.807) is 0 Å². The molecule has 21 heavy (non-hydrogen) atoms. The molecule has 2 unspecified atom stereocenters. The molecule has 2 atom stereocenters. The third kappa shape index (κ3) is 4.31. The first-order chi connectivity index (χ1) is 9.94. The molecule has 2 rings (SSSR count). The van der Waals surface area contributed by atoms with Gasteiger partial charge in [0.15, 0.2) is 0 Å². The van der Waals surface area contributed by atoms with E-state index < -0.39 is 0 Å². The average molecular weight is 288 g/mol. The van der Waals surface area contributed by atoms with Crippen molar-refractivity contribution in [1.29, 1.82) is 0 Å². The van der Waals surface area contributed by atoms with Gasteiger partial charge in [-0.05, 0) is 29.4 Å². The van der Waals surface area contributed by atoms with Crippen LogP contribution in [0, 0.1) is 5.41 Å². The summed E-state index contributed by atoms with van der Waals surface area (Å²) in [6, 6.07) is 10.4. The number of benzene rings is 1. The lowest BCUT2D eigenvalue weighted by Gasteiger charge is -2.46. The van der Waals surface area contributed by atoms with Gasteiger partial charge in [-0.15, -0.1) is 0 Å². The Bertz CT molecular complexity index is 430. The van der Waals surface area contributed by atoms with Crippen molar-refractivity contribution in [2.45, 2.75) is 66.1 Å². The van der Waals surface area contributed by atoms with Crippen LogP contribution in [0.1, 0.15) is 52.2 Å². The van der Waals surface area contributed by atoms with E-state index in [0.29, 0.717) is 17.5 Å². The number of hydrogen-bond acceptors (Lipinski definition) is 2. The number of piperazine rings is 1. The standard InChI is InChI=1S/C19H32N2/c1-6-15-8-10-16(11-9-15)13-21-14-17(7-2)20-12-18(21)19(3,4)5/h8-11,17-18,20H,6-7,12-14H2,1-5H3. The molecule has 2 heteroatoms. The van der Waals surface area contributed by atoms with Crippen LogP contribution in [0.2, 0.25) is 0 Å². The molecule has 1 fully saturated rings. The van der Waals surface area contributed by atoms with Crippen molar-refractivity contribution in [2.24, 2.45) is 5.41 Å². The molecule has 2 nitrogen and oxygen atoms in total. The summed E-state index contributed by atoms with van der Waals surface area (Å²) in [4.78, 5) is 2.69. The first kappa shape index (κ1) is 16.5. The molecule has 0 aliphatic carbocycles. The van der Waals surface area contributed by atoms with Crippen LogP contribution in [0.15, 0.2) is 24.3 Å². The third-order valence-corrected chi connectivity index (χ3v) is 4.80. The minimum atomic E-state index is 0.315. The van der Waals surface area contributed by atoms with E-state index in [4.69, 9.17) is 0 Å². The van der Waals surface area contributed by atoms with Gasteiger partial charge in [-0.3, -0.25) is 4.90 Å². The van der Waals surface area contributed by atoms with Crippen LogP contribution in [-0.4, -0.2) is 30.1 Å². The molecular weight excluding hydrogens is 256 g/mol. The van der Waals surface area contributed by atoms with Crippen LogP contribution in [0.5, 0.6) is 0 Å². The summed E-state index contributed by atoms with van der Waals surface area (Å²) >= 11 is 0. The maximum atomic E-state index is 3.72. The van der Waals surface area contributed by atoms with Crippen molar-refractivity contribution in [3.63, 3.8) is 0 Å². The second kappa shape index (κ2) is 6.93. The molecule has 1 saturated heterocycles. The summed E-state index contributed by atoms with van der Waals surface area (Å²) in [6.07, 6.45) is 2.33. The van der Waals surface area contributed by atoms with Gasteiger partial charge in [-0.25, -0.2) is 0 Å². The minimum Gasteiger partial charge on any atom is -0.311 e. The summed E-state index contributed by atoms with van der Waals surface area (Å²) in [5.41, 5.74) is 3.19. The lowest BCUT2D eigenvalue weighted by atomic mass is 9.83. The molecule has 0 amide bonds. The Balaban J connectivity index is 2.11. The third-order valence-electron chi connectivity index (χ3n) is 4.80. The maximum absolute atomic E-state index is 3.72. The van der Waals surface area contributed by atoms with Crippen LogP contribution < -0.4 is 5.32 Å². The second-order valence-electron chi connectivity index (χ2n) is 7.49. The van der Waals surface area contributed by atoms with Gasteiger partial charge in [-0.1, -0.05) is 58.9 Å². The minimum absolute atomic E-state index is 0.315. The zero-order chi connectivity index (χ0) is 15.5. The van der Waals surface area contributed by atoms with Crippen LogP contribution in [-0.2, 0) is 13.0 Å². The van der Waals surface area contributed by atoms with Gasteiger partial charge in [0.1, 0.15) is 0 Å². The highest BCUT2D eigenvalue weighted by molar-refractivity contribution is 5.22. The Kier molecular flexibility index (Phi) is 5.45. The molecule has 1 aliphatic rings. The SMILES string of the molecule is CCc1ccc(CN2CC(CC)NCC2C(C)(C)C)cc1. The predicted molar refractivity (Wildman–Crippen MR) is 91.6 cm³/mol. The van der Waals surface area contributed by atoms with E-state index in [2.05, 4.69) is 69.1 Å². The van der Waals surface area contributed by atoms with Gasteiger partial charge in [0, 0.05) is 31.7 Å². The summed E-state index contributed by atoms with van der Waals surface area (Å²) in [5, 5.41) is 3.72. The highest BCUT2D eigenvalue weighted by atomic mass is 15.2. The molecule has 118 valence electrons. The fourth-order valence-corrected chi connectivity index (χ4v) is 3.30. The number of hydrogen-bond donors (Lipinski definition) is 1. The van der Waals surface area contributed by atoms with E-state index in [1.165, 1.54) is 17.5 Å². The van der Waals surface area contributed by atoms with Gasteiger partial charge >= 0.3 is 0 Å². The van der Waals surface area contributed by atoms with E-state index >= 15 is 0 Å². The Morgan fingerprint density at radius 2 is 1.71 bits per heavy atom. The van der Waals surface area contributed by atoms with Crippen molar-refractivity contribution in [1.82, 2.24) is 10.2 Å². The second-order valence-corrected chi connectivity index (χ2v) is 7.49. The summed E-state index contributed by atoms with van der Waals surface area (Å²) < 4.78 is 0. The predicted octanol–water partition coefficient (Wildman–Crippen LogP) is 3.85. The van der Waals surface area contributed by atoms with Gasteiger partial charge < -0.3 is 5.32 Å². The van der Waals surface area contributed by atoms with E-state index in [0.717, 1.165) is 26.1 Å². The van der Waals surface area contributed by atoms with Crippen LogP contribution in [0.4, 0.5) is 0 Å². The lowest BCUT2D eigenvalue weighted by Crippen LogP contribution is -2.59. The number of rotatable bonds is 4. The monoisotopic (exact) mass is 288 g/mol. The Morgan fingerprint density at radius 1 is 1.10 bits per heavy atom. The number of nitrogens with zero attached hydrogens (tertiary/aromatic N) is 1. The fraction of sp³-hybridized carbons (Fsp3) is 0.684. The fourth-order valence-electron chi connectivity index (χ4n) is 3.30. The molecule has 0 spiro atoms. The molecule has 1 heterocycles. The normalized spacial score (nSPS) is 24.2. The maximum Gasteiger partial charge on any atom is 0.0273 e. The first-order valence-corrected chi connectivity index (χ1v) is 8.49.